The van der Waals surface area contributed by atoms with E-state index in [9.17, 15) is 22.8 Å². The van der Waals surface area contributed by atoms with Gasteiger partial charge in [-0.15, -0.1) is 0 Å². The third-order valence-corrected chi connectivity index (χ3v) is 4.30. The van der Waals surface area contributed by atoms with E-state index in [0.717, 1.165) is 0 Å². The number of hydrogen-bond donors (Lipinski definition) is 1. The molecule has 1 aliphatic heterocycles. The fraction of sp³-hybridized carbons (Fsp3) is 0.368. The van der Waals surface area contributed by atoms with Crippen molar-refractivity contribution in [3.63, 3.8) is 0 Å². The molecule has 1 unspecified atom stereocenters. The summed E-state index contributed by atoms with van der Waals surface area (Å²) in [5.41, 5.74) is 0.712. The number of halogens is 3. The zero-order valence-electron chi connectivity index (χ0n) is 14.9. The van der Waals surface area contributed by atoms with Crippen LogP contribution in [0.1, 0.15) is 17.7 Å². The molecule has 6 nitrogen and oxygen atoms in total. The lowest BCUT2D eigenvalue weighted by Crippen LogP contribution is -2.32. The Balaban J connectivity index is 1.45. The van der Waals surface area contributed by atoms with Gasteiger partial charge < -0.3 is 19.4 Å². The lowest BCUT2D eigenvalue weighted by atomic mass is 10.1. The van der Waals surface area contributed by atoms with Crippen LogP contribution in [0.15, 0.2) is 47.1 Å². The second kappa shape index (κ2) is 8.37. The summed E-state index contributed by atoms with van der Waals surface area (Å²) < 4.78 is 46.3. The summed E-state index contributed by atoms with van der Waals surface area (Å²) in [5, 5.41) is 2.75. The number of furan rings is 1. The fourth-order valence-electron chi connectivity index (χ4n) is 2.89. The monoisotopic (exact) mass is 396 g/mol. The molecule has 0 aliphatic carbocycles. The molecule has 1 aliphatic rings. The van der Waals surface area contributed by atoms with Crippen molar-refractivity contribution in [1.82, 2.24) is 10.2 Å². The Hall–Kier alpha value is -2.97. The highest BCUT2D eigenvalue weighted by Gasteiger charge is 2.34. The van der Waals surface area contributed by atoms with Gasteiger partial charge in [-0.3, -0.25) is 9.59 Å². The molecule has 0 saturated carbocycles. The molecule has 0 bridgehead atoms. The topological polar surface area (TPSA) is 71.8 Å². The van der Waals surface area contributed by atoms with E-state index in [0.29, 0.717) is 24.4 Å². The van der Waals surface area contributed by atoms with E-state index < -0.39 is 18.7 Å². The summed E-state index contributed by atoms with van der Waals surface area (Å²) in [6, 6.07) is 9.49. The molecular weight excluding hydrogens is 377 g/mol. The van der Waals surface area contributed by atoms with Gasteiger partial charge in [-0.05, 0) is 29.8 Å². The van der Waals surface area contributed by atoms with Crippen molar-refractivity contribution in [3.8, 4) is 5.75 Å². The van der Waals surface area contributed by atoms with Crippen molar-refractivity contribution in [2.24, 2.45) is 5.92 Å². The lowest BCUT2D eigenvalue weighted by molar-refractivity contribution is -0.153. The van der Waals surface area contributed by atoms with E-state index in [-0.39, 0.29) is 30.5 Å². The summed E-state index contributed by atoms with van der Waals surface area (Å²) in [5.74, 6) is -0.0446. The van der Waals surface area contributed by atoms with Crippen molar-refractivity contribution >= 4 is 11.8 Å². The maximum atomic E-state index is 12.3. The highest BCUT2D eigenvalue weighted by atomic mass is 19.4. The van der Waals surface area contributed by atoms with Crippen molar-refractivity contribution in [3.05, 3.63) is 54.0 Å². The molecule has 2 heterocycles. The van der Waals surface area contributed by atoms with Crippen LogP contribution in [0.25, 0.3) is 0 Å². The number of rotatable bonds is 7. The highest BCUT2D eigenvalue weighted by molar-refractivity contribution is 5.89. The van der Waals surface area contributed by atoms with Crippen molar-refractivity contribution in [2.75, 3.05) is 13.2 Å². The van der Waals surface area contributed by atoms with E-state index in [1.54, 1.807) is 29.2 Å². The van der Waals surface area contributed by atoms with Crippen LogP contribution in [-0.2, 0) is 22.7 Å². The smallest absolute Gasteiger partial charge is 0.422 e. The SMILES string of the molecule is O=C(NCc1ccc(OCC(F)(F)F)cc1)C1CC(=O)N(Cc2ccco2)C1. The number of hydrogen-bond acceptors (Lipinski definition) is 4. The van der Waals surface area contributed by atoms with E-state index >= 15 is 0 Å². The molecule has 3 rings (SSSR count). The Kier molecular flexibility index (Phi) is 5.91. The van der Waals surface area contributed by atoms with Gasteiger partial charge in [0.25, 0.3) is 0 Å². The standard InChI is InChI=1S/C19H19F3N2O4/c20-19(21,22)12-28-15-5-3-13(4-6-15)9-23-18(26)14-8-17(25)24(10-14)11-16-2-1-7-27-16/h1-7,14H,8-12H2,(H,23,26). The molecule has 1 aromatic carbocycles. The van der Waals surface area contributed by atoms with Gasteiger partial charge in [-0.2, -0.15) is 13.2 Å². The fourth-order valence-corrected chi connectivity index (χ4v) is 2.89. The first-order valence-electron chi connectivity index (χ1n) is 8.66. The zero-order valence-corrected chi connectivity index (χ0v) is 14.9. The van der Waals surface area contributed by atoms with E-state index in [1.807, 2.05) is 0 Å². The van der Waals surface area contributed by atoms with Crippen LogP contribution >= 0.6 is 0 Å². The molecule has 9 heteroatoms. The van der Waals surface area contributed by atoms with Gasteiger partial charge in [0.15, 0.2) is 6.61 Å². The van der Waals surface area contributed by atoms with Gasteiger partial charge in [0.1, 0.15) is 11.5 Å². The summed E-state index contributed by atoms with van der Waals surface area (Å²) in [7, 11) is 0. The molecule has 1 saturated heterocycles. The minimum absolute atomic E-state index is 0.0994. The molecule has 150 valence electrons. The number of carbonyl (C=O) groups excluding carboxylic acids is 2. The Morgan fingerprint density at radius 1 is 1.25 bits per heavy atom. The van der Waals surface area contributed by atoms with Gasteiger partial charge in [-0.1, -0.05) is 12.1 Å². The van der Waals surface area contributed by atoms with Crippen LogP contribution in [0.4, 0.5) is 13.2 Å². The Bertz CT molecular complexity index is 804. The lowest BCUT2D eigenvalue weighted by Gasteiger charge is -2.15. The van der Waals surface area contributed by atoms with Gasteiger partial charge in [0.2, 0.25) is 11.8 Å². The summed E-state index contributed by atoms with van der Waals surface area (Å²) in [6.45, 7) is -0.501. The maximum Gasteiger partial charge on any atom is 0.422 e. The molecule has 0 radical (unpaired) electrons. The Morgan fingerprint density at radius 2 is 2.00 bits per heavy atom. The largest absolute Gasteiger partial charge is 0.484 e. The van der Waals surface area contributed by atoms with Crippen molar-refractivity contribution in [2.45, 2.75) is 25.7 Å². The van der Waals surface area contributed by atoms with Gasteiger partial charge in [0.05, 0.1) is 18.7 Å². The third-order valence-electron chi connectivity index (χ3n) is 4.30. The number of alkyl halides is 3. The van der Waals surface area contributed by atoms with Crippen LogP contribution in [0.3, 0.4) is 0 Å². The number of benzene rings is 1. The average molecular weight is 396 g/mol. The zero-order chi connectivity index (χ0) is 20.1. The Labute approximate surface area is 159 Å². The number of carbonyl (C=O) groups is 2. The first kappa shape index (κ1) is 19.8. The molecule has 1 atom stereocenters. The number of amides is 2. The minimum atomic E-state index is -4.39. The second-order valence-electron chi connectivity index (χ2n) is 6.52. The van der Waals surface area contributed by atoms with Crippen molar-refractivity contribution in [1.29, 1.82) is 0 Å². The number of nitrogens with zero attached hydrogens (tertiary/aromatic N) is 1. The minimum Gasteiger partial charge on any atom is -0.484 e. The molecule has 1 fully saturated rings. The number of nitrogens with one attached hydrogen (secondary N) is 1. The van der Waals surface area contributed by atoms with E-state index in [2.05, 4.69) is 10.1 Å². The molecular formula is C19H19F3N2O4. The summed E-state index contributed by atoms with van der Waals surface area (Å²) >= 11 is 0. The molecule has 2 amide bonds. The van der Waals surface area contributed by atoms with Crippen LogP contribution in [0.5, 0.6) is 5.75 Å². The third kappa shape index (κ3) is 5.51. The molecule has 2 aromatic rings. The van der Waals surface area contributed by atoms with Crippen molar-refractivity contribution < 1.29 is 31.9 Å². The van der Waals surface area contributed by atoms with Gasteiger partial charge in [0, 0.05) is 19.5 Å². The average Bonchev–Trinajstić information content (AvgIpc) is 3.29. The van der Waals surface area contributed by atoms with Crippen LogP contribution in [0, 0.1) is 5.92 Å². The molecule has 1 N–H and O–H groups in total. The molecule has 1 aromatic heterocycles. The predicted molar refractivity (Wildman–Crippen MR) is 92.1 cm³/mol. The van der Waals surface area contributed by atoms with Gasteiger partial charge >= 0.3 is 6.18 Å². The maximum absolute atomic E-state index is 12.3. The Morgan fingerprint density at radius 3 is 2.64 bits per heavy atom. The predicted octanol–water partition coefficient (Wildman–Crippen LogP) is 2.89. The number of ether oxygens (including phenoxy) is 1. The second-order valence-corrected chi connectivity index (χ2v) is 6.52. The first-order chi connectivity index (χ1) is 13.3. The summed E-state index contributed by atoms with van der Waals surface area (Å²) in [4.78, 5) is 26.0. The quantitative estimate of drug-likeness (QED) is 0.781. The van der Waals surface area contributed by atoms with E-state index in [1.165, 1.54) is 18.4 Å². The number of likely N-dealkylation sites (tertiary alicyclic amines) is 1. The van der Waals surface area contributed by atoms with E-state index in [4.69, 9.17) is 4.42 Å². The highest BCUT2D eigenvalue weighted by Crippen LogP contribution is 2.21. The summed E-state index contributed by atoms with van der Waals surface area (Å²) in [6.07, 6.45) is -2.73. The van der Waals surface area contributed by atoms with Gasteiger partial charge in [-0.25, -0.2) is 0 Å². The van der Waals surface area contributed by atoms with Crippen LogP contribution < -0.4 is 10.1 Å². The first-order valence-corrected chi connectivity index (χ1v) is 8.66. The molecule has 0 spiro atoms. The van der Waals surface area contributed by atoms with Crippen LogP contribution in [-0.4, -0.2) is 36.0 Å². The molecule has 28 heavy (non-hydrogen) atoms. The normalized spacial score (nSPS) is 17.0. The van der Waals surface area contributed by atoms with Crippen LogP contribution in [0.2, 0.25) is 0 Å².